The lowest BCUT2D eigenvalue weighted by atomic mass is 10.2. The average Bonchev–Trinajstić information content (AvgIpc) is 2.15. The van der Waals surface area contributed by atoms with E-state index in [-0.39, 0.29) is 6.42 Å². The number of rotatable bonds is 5. The highest BCUT2D eigenvalue weighted by atomic mass is 79.9. The van der Waals surface area contributed by atoms with Crippen molar-refractivity contribution in [3.63, 3.8) is 0 Å². The summed E-state index contributed by atoms with van der Waals surface area (Å²) in [5.41, 5.74) is 0. The summed E-state index contributed by atoms with van der Waals surface area (Å²) in [4.78, 5) is 11.6. The third kappa shape index (κ3) is 5.23. The van der Waals surface area contributed by atoms with Crippen molar-refractivity contribution in [3.8, 4) is 0 Å². The van der Waals surface area contributed by atoms with Crippen LogP contribution in [0.15, 0.2) is 33.6 Å². The molecule has 1 unspecified atom stereocenters. The molecule has 0 fully saturated rings. The van der Waals surface area contributed by atoms with Gasteiger partial charge in [-0.2, -0.15) is 0 Å². The van der Waals surface area contributed by atoms with Crippen molar-refractivity contribution in [1.29, 1.82) is 0 Å². The highest BCUT2D eigenvalue weighted by molar-refractivity contribution is 9.10. The molecule has 0 bridgehead atoms. The quantitative estimate of drug-likeness (QED) is 0.838. The van der Waals surface area contributed by atoms with E-state index in [9.17, 15) is 4.79 Å². The normalized spacial score (nSPS) is 12.4. The Labute approximate surface area is 102 Å². The standard InChI is InChI=1S/C11H13BrO2S/c1-8(5-6-11(13)14)15-10-4-2-3-9(12)7-10/h2-4,7-8H,5-6H2,1H3,(H,13,14). The van der Waals surface area contributed by atoms with E-state index in [0.29, 0.717) is 11.7 Å². The molecule has 0 aliphatic rings. The fourth-order valence-electron chi connectivity index (χ4n) is 1.16. The summed E-state index contributed by atoms with van der Waals surface area (Å²) in [5, 5.41) is 8.88. The Bertz CT molecular complexity index is 341. The summed E-state index contributed by atoms with van der Waals surface area (Å²) >= 11 is 5.11. The molecular weight excluding hydrogens is 276 g/mol. The number of aliphatic carboxylic acids is 1. The average molecular weight is 289 g/mol. The van der Waals surface area contributed by atoms with Gasteiger partial charge in [-0.15, -0.1) is 11.8 Å². The van der Waals surface area contributed by atoms with Crippen molar-refractivity contribution < 1.29 is 9.90 Å². The first kappa shape index (κ1) is 12.6. The minimum atomic E-state index is -0.725. The van der Waals surface area contributed by atoms with Crippen LogP contribution in [0.25, 0.3) is 0 Å². The Morgan fingerprint density at radius 3 is 2.93 bits per heavy atom. The zero-order chi connectivity index (χ0) is 11.3. The van der Waals surface area contributed by atoms with Gasteiger partial charge < -0.3 is 5.11 Å². The van der Waals surface area contributed by atoms with Crippen LogP contribution in [0.3, 0.4) is 0 Å². The molecule has 0 heterocycles. The third-order valence-electron chi connectivity index (χ3n) is 1.90. The molecule has 1 rings (SSSR count). The van der Waals surface area contributed by atoms with E-state index in [1.54, 1.807) is 11.8 Å². The van der Waals surface area contributed by atoms with Gasteiger partial charge in [0.15, 0.2) is 0 Å². The summed E-state index contributed by atoms with van der Waals surface area (Å²) in [5.74, 6) is -0.725. The van der Waals surface area contributed by atoms with Gasteiger partial charge >= 0.3 is 5.97 Å². The van der Waals surface area contributed by atoms with E-state index in [4.69, 9.17) is 5.11 Å². The first-order valence-electron chi connectivity index (χ1n) is 4.72. The number of benzene rings is 1. The summed E-state index contributed by atoms with van der Waals surface area (Å²) in [6.45, 7) is 2.05. The first-order valence-corrected chi connectivity index (χ1v) is 6.39. The molecule has 4 heteroatoms. The molecule has 82 valence electrons. The summed E-state index contributed by atoms with van der Waals surface area (Å²) in [7, 11) is 0. The maximum atomic E-state index is 10.4. The zero-order valence-electron chi connectivity index (χ0n) is 8.44. The van der Waals surface area contributed by atoms with Gasteiger partial charge in [-0.1, -0.05) is 28.9 Å². The largest absolute Gasteiger partial charge is 0.481 e. The van der Waals surface area contributed by atoms with Crippen molar-refractivity contribution >= 4 is 33.7 Å². The van der Waals surface area contributed by atoms with Gasteiger partial charge in [0.05, 0.1) is 0 Å². The molecule has 1 aromatic carbocycles. The van der Waals surface area contributed by atoms with Crippen LogP contribution in [0.4, 0.5) is 0 Å². The fourth-order valence-corrected chi connectivity index (χ4v) is 2.76. The molecule has 0 spiro atoms. The predicted octanol–water partition coefficient (Wildman–Crippen LogP) is 3.79. The number of hydrogen-bond donors (Lipinski definition) is 1. The fraction of sp³-hybridized carbons (Fsp3) is 0.364. The molecule has 2 nitrogen and oxygen atoms in total. The molecular formula is C11H13BrO2S. The summed E-state index contributed by atoms with van der Waals surface area (Å²) in [6, 6.07) is 8.04. The van der Waals surface area contributed by atoms with E-state index in [1.165, 1.54) is 4.90 Å². The van der Waals surface area contributed by atoms with Crippen LogP contribution in [0.1, 0.15) is 19.8 Å². The second kappa shape index (κ2) is 6.18. The summed E-state index contributed by atoms with van der Waals surface area (Å²) < 4.78 is 1.05. The van der Waals surface area contributed by atoms with Crippen molar-refractivity contribution in [3.05, 3.63) is 28.7 Å². The molecule has 1 atom stereocenters. The van der Waals surface area contributed by atoms with Crippen molar-refractivity contribution in [1.82, 2.24) is 0 Å². The minimum Gasteiger partial charge on any atom is -0.481 e. The van der Waals surface area contributed by atoms with Gasteiger partial charge in [-0.25, -0.2) is 0 Å². The molecule has 0 aliphatic heterocycles. The topological polar surface area (TPSA) is 37.3 Å². The highest BCUT2D eigenvalue weighted by Gasteiger charge is 2.07. The van der Waals surface area contributed by atoms with Crippen LogP contribution in [-0.2, 0) is 4.79 Å². The number of carboxylic acids is 1. The Hall–Kier alpha value is -0.480. The third-order valence-corrected chi connectivity index (χ3v) is 3.56. The maximum absolute atomic E-state index is 10.4. The van der Waals surface area contributed by atoms with Crippen molar-refractivity contribution in [2.45, 2.75) is 29.9 Å². The molecule has 15 heavy (non-hydrogen) atoms. The molecule has 0 amide bonds. The van der Waals surface area contributed by atoms with Gasteiger partial charge in [-0.3, -0.25) is 4.79 Å². The smallest absolute Gasteiger partial charge is 0.303 e. The zero-order valence-corrected chi connectivity index (χ0v) is 10.8. The van der Waals surface area contributed by atoms with E-state index in [1.807, 2.05) is 24.3 Å². The Kier molecular flexibility index (Phi) is 5.19. The maximum Gasteiger partial charge on any atom is 0.303 e. The van der Waals surface area contributed by atoms with E-state index >= 15 is 0 Å². The Balaban J connectivity index is 2.44. The second-order valence-corrected chi connectivity index (χ2v) is 5.75. The molecule has 1 aromatic rings. The monoisotopic (exact) mass is 288 g/mol. The number of carbonyl (C=O) groups is 1. The molecule has 0 saturated carbocycles. The van der Waals surface area contributed by atoms with E-state index in [2.05, 4.69) is 22.9 Å². The molecule has 1 N–H and O–H groups in total. The summed E-state index contributed by atoms with van der Waals surface area (Å²) in [6.07, 6.45) is 0.939. The molecule has 0 saturated heterocycles. The number of carboxylic acid groups (broad SMARTS) is 1. The predicted molar refractivity (Wildman–Crippen MR) is 66.3 cm³/mol. The SMILES string of the molecule is CC(CCC(=O)O)Sc1cccc(Br)c1. The van der Waals surface area contributed by atoms with Gasteiger partial charge in [0, 0.05) is 21.0 Å². The van der Waals surface area contributed by atoms with Gasteiger partial charge in [0.25, 0.3) is 0 Å². The van der Waals surface area contributed by atoms with Gasteiger partial charge in [0.2, 0.25) is 0 Å². The van der Waals surface area contributed by atoms with Crippen molar-refractivity contribution in [2.24, 2.45) is 0 Å². The van der Waals surface area contributed by atoms with Crippen LogP contribution < -0.4 is 0 Å². The van der Waals surface area contributed by atoms with Crippen LogP contribution in [-0.4, -0.2) is 16.3 Å². The van der Waals surface area contributed by atoms with Gasteiger partial charge in [0.1, 0.15) is 0 Å². The Morgan fingerprint density at radius 1 is 1.60 bits per heavy atom. The lowest BCUT2D eigenvalue weighted by Gasteiger charge is -2.09. The molecule has 0 aliphatic carbocycles. The van der Waals surface area contributed by atoms with Crippen LogP contribution in [0.5, 0.6) is 0 Å². The van der Waals surface area contributed by atoms with Gasteiger partial charge in [-0.05, 0) is 24.6 Å². The lowest BCUT2D eigenvalue weighted by molar-refractivity contribution is -0.137. The van der Waals surface area contributed by atoms with Crippen LogP contribution in [0, 0.1) is 0 Å². The highest BCUT2D eigenvalue weighted by Crippen LogP contribution is 2.27. The number of hydrogen-bond acceptors (Lipinski definition) is 2. The van der Waals surface area contributed by atoms with Crippen LogP contribution >= 0.6 is 27.7 Å². The van der Waals surface area contributed by atoms with E-state index < -0.39 is 5.97 Å². The second-order valence-electron chi connectivity index (χ2n) is 3.32. The molecule has 0 aromatic heterocycles. The number of halogens is 1. The van der Waals surface area contributed by atoms with Crippen LogP contribution in [0.2, 0.25) is 0 Å². The minimum absolute atomic E-state index is 0.238. The first-order chi connectivity index (χ1) is 7.08. The van der Waals surface area contributed by atoms with Crippen molar-refractivity contribution in [2.75, 3.05) is 0 Å². The lowest BCUT2D eigenvalue weighted by Crippen LogP contribution is -2.01. The Morgan fingerprint density at radius 2 is 2.33 bits per heavy atom. The number of thioether (sulfide) groups is 1. The van der Waals surface area contributed by atoms with E-state index in [0.717, 1.165) is 4.47 Å². The molecule has 0 radical (unpaired) electrons.